The Hall–Kier alpha value is -1.40. The van der Waals surface area contributed by atoms with Gasteiger partial charge in [-0.3, -0.25) is 4.79 Å². The van der Waals surface area contributed by atoms with Gasteiger partial charge in [0.15, 0.2) is 6.04 Å². The van der Waals surface area contributed by atoms with Gasteiger partial charge in [-0.15, -0.1) is 0 Å². The fourth-order valence-electron chi connectivity index (χ4n) is 1.50. The highest BCUT2D eigenvalue weighted by Crippen LogP contribution is 2.18. The van der Waals surface area contributed by atoms with E-state index in [0.29, 0.717) is 5.56 Å². The van der Waals surface area contributed by atoms with Crippen molar-refractivity contribution in [1.29, 1.82) is 0 Å². The number of carbonyl (C=O) groups is 2. The number of esters is 1. The number of rotatable bonds is 6. The van der Waals surface area contributed by atoms with Crippen LogP contribution in [0.15, 0.2) is 28.7 Å². The van der Waals surface area contributed by atoms with E-state index in [-0.39, 0.29) is 18.6 Å². The van der Waals surface area contributed by atoms with Crippen molar-refractivity contribution in [2.45, 2.75) is 26.0 Å². The molecule has 0 aliphatic heterocycles. The van der Waals surface area contributed by atoms with Gasteiger partial charge in [-0.05, 0) is 31.5 Å². The molecule has 0 spiro atoms. The van der Waals surface area contributed by atoms with Crippen molar-refractivity contribution >= 4 is 27.8 Å². The van der Waals surface area contributed by atoms with E-state index >= 15 is 0 Å². The van der Waals surface area contributed by atoms with Gasteiger partial charge in [-0.25, -0.2) is 4.79 Å². The van der Waals surface area contributed by atoms with E-state index in [1.54, 1.807) is 24.3 Å². The average molecular weight is 344 g/mol. The summed E-state index contributed by atoms with van der Waals surface area (Å²) in [5.74, 6) is -0.887. The molecule has 5 nitrogen and oxygen atoms in total. The summed E-state index contributed by atoms with van der Waals surface area (Å²) in [5.41, 5.74) is 0.651. The van der Waals surface area contributed by atoms with Crippen LogP contribution in [0.4, 0.5) is 0 Å². The molecule has 20 heavy (non-hydrogen) atoms. The van der Waals surface area contributed by atoms with Crippen LogP contribution >= 0.6 is 15.9 Å². The van der Waals surface area contributed by atoms with Crippen molar-refractivity contribution in [3.05, 3.63) is 34.3 Å². The van der Waals surface area contributed by atoms with E-state index in [1.165, 1.54) is 7.11 Å². The summed E-state index contributed by atoms with van der Waals surface area (Å²) in [6.45, 7) is 3.57. The molecule has 110 valence electrons. The van der Waals surface area contributed by atoms with Crippen molar-refractivity contribution in [1.82, 2.24) is 5.32 Å². The molecule has 1 aromatic carbocycles. The van der Waals surface area contributed by atoms with Crippen LogP contribution in [0.2, 0.25) is 0 Å². The molecule has 0 bridgehead atoms. The predicted molar refractivity (Wildman–Crippen MR) is 78.1 cm³/mol. The van der Waals surface area contributed by atoms with Crippen LogP contribution in [0, 0.1) is 0 Å². The van der Waals surface area contributed by atoms with E-state index in [2.05, 4.69) is 21.2 Å². The number of hydrogen-bond donors (Lipinski definition) is 1. The van der Waals surface area contributed by atoms with Crippen molar-refractivity contribution in [3.63, 3.8) is 0 Å². The Morgan fingerprint density at radius 2 is 1.85 bits per heavy atom. The zero-order valence-corrected chi connectivity index (χ0v) is 13.3. The smallest absolute Gasteiger partial charge is 0.333 e. The van der Waals surface area contributed by atoms with E-state index in [1.807, 2.05) is 13.8 Å². The SMILES string of the molecule is COC(=O)C(NC(=O)COC(C)C)c1ccc(Br)cc1. The Labute approximate surface area is 126 Å². The van der Waals surface area contributed by atoms with Gasteiger partial charge in [-0.1, -0.05) is 28.1 Å². The molecule has 0 aliphatic rings. The van der Waals surface area contributed by atoms with E-state index in [0.717, 1.165) is 4.47 Å². The highest BCUT2D eigenvalue weighted by molar-refractivity contribution is 9.10. The third-order valence-corrected chi connectivity index (χ3v) is 3.02. The van der Waals surface area contributed by atoms with Gasteiger partial charge < -0.3 is 14.8 Å². The molecule has 1 N–H and O–H groups in total. The molecule has 0 aromatic heterocycles. The molecule has 0 aliphatic carbocycles. The highest BCUT2D eigenvalue weighted by Gasteiger charge is 2.23. The maximum Gasteiger partial charge on any atom is 0.333 e. The molecule has 1 atom stereocenters. The monoisotopic (exact) mass is 343 g/mol. The second kappa shape index (κ2) is 8.01. The lowest BCUT2D eigenvalue weighted by Crippen LogP contribution is -2.37. The molecule has 0 fully saturated rings. The lowest BCUT2D eigenvalue weighted by atomic mass is 10.1. The van der Waals surface area contributed by atoms with Crippen molar-refractivity contribution in [2.24, 2.45) is 0 Å². The number of hydrogen-bond acceptors (Lipinski definition) is 4. The van der Waals surface area contributed by atoms with Crippen LogP contribution in [0.1, 0.15) is 25.5 Å². The van der Waals surface area contributed by atoms with E-state index in [9.17, 15) is 9.59 Å². The number of ether oxygens (including phenoxy) is 2. The lowest BCUT2D eigenvalue weighted by Gasteiger charge is -2.17. The molecule has 0 heterocycles. The first-order valence-corrected chi connectivity index (χ1v) is 6.97. The topological polar surface area (TPSA) is 64.6 Å². The van der Waals surface area contributed by atoms with Crippen LogP contribution in [-0.2, 0) is 19.1 Å². The molecule has 1 aromatic rings. The average Bonchev–Trinajstić information content (AvgIpc) is 2.43. The third-order valence-electron chi connectivity index (χ3n) is 2.49. The van der Waals surface area contributed by atoms with Crippen LogP contribution in [-0.4, -0.2) is 31.7 Å². The van der Waals surface area contributed by atoms with Gasteiger partial charge in [0, 0.05) is 4.47 Å². The molecule has 0 saturated carbocycles. The van der Waals surface area contributed by atoms with E-state index < -0.39 is 12.0 Å². The molecule has 6 heteroatoms. The molecule has 0 radical (unpaired) electrons. The number of halogens is 1. The first-order chi connectivity index (χ1) is 9.43. The third kappa shape index (κ3) is 5.30. The van der Waals surface area contributed by atoms with Crippen LogP contribution in [0.25, 0.3) is 0 Å². The van der Waals surface area contributed by atoms with Gasteiger partial charge in [-0.2, -0.15) is 0 Å². The summed E-state index contributed by atoms with van der Waals surface area (Å²) in [7, 11) is 1.28. The number of nitrogens with one attached hydrogen (secondary N) is 1. The number of methoxy groups -OCH3 is 1. The highest BCUT2D eigenvalue weighted by atomic mass is 79.9. The standard InChI is InChI=1S/C14H18BrNO4/c1-9(2)20-8-12(17)16-13(14(18)19-3)10-4-6-11(15)7-5-10/h4-7,9,13H,8H2,1-3H3,(H,16,17). The lowest BCUT2D eigenvalue weighted by molar-refractivity contribution is -0.146. The maximum atomic E-state index is 11.8. The summed E-state index contributed by atoms with van der Waals surface area (Å²) < 4.78 is 10.8. The zero-order valence-electron chi connectivity index (χ0n) is 11.7. The normalized spacial score (nSPS) is 12.1. The first kappa shape index (κ1) is 16.7. The largest absolute Gasteiger partial charge is 0.467 e. The molecule has 1 rings (SSSR count). The summed E-state index contributed by atoms with van der Waals surface area (Å²) in [6, 6.07) is 6.24. The van der Waals surface area contributed by atoms with Crippen molar-refractivity contribution in [2.75, 3.05) is 13.7 Å². The zero-order chi connectivity index (χ0) is 15.1. The summed E-state index contributed by atoms with van der Waals surface area (Å²) in [4.78, 5) is 23.5. The van der Waals surface area contributed by atoms with Crippen LogP contribution < -0.4 is 5.32 Å². The molecule has 1 amide bonds. The Kier molecular flexibility index (Phi) is 6.67. The number of amides is 1. The van der Waals surface area contributed by atoms with E-state index in [4.69, 9.17) is 9.47 Å². The Bertz CT molecular complexity index is 459. The molecular weight excluding hydrogens is 326 g/mol. The second-order valence-electron chi connectivity index (χ2n) is 4.43. The Balaban J connectivity index is 2.77. The first-order valence-electron chi connectivity index (χ1n) is 6.18. The molecule has 1 unspecified atom stereocenters. The second-order valence-corrected chi connectivity index (χ2v) is 5.35. The van der Waals surface area contributed by atoms with Crippen molar-refractivity contribution in [3.8, 4) is 0 Å². The van der Waals surface area contributed by atoms with Gasteiger partial charge in [0.1, 0.15) is 6.61 Å². The minimum Gasteiger partial charge on any atom is -0.467 e. The minimum absolute atomic E-state index is 0.0509. The Morgan fingerprint density at radius 1 is 1.25 bits per heavy atom. The number of benzene rings is 1. The number of carbonyl (C=O) groups excluding carboxylic acids is 2. The minimum atomic E-state index is -0.837. The fraction of sp³-hybridized carbons (Fsp3) is 0.429. The Morgan fingerprint density at radius 3 is 2.35 bits per heavy atom. The molecule has 0 saturated heterocycles. The van der Waals surface area contributed by atoms with Crippen LogP contribution in [0.5, 0.6) is 0 Å². The maximum absolute atomic E-state index is 11.8. The summed E-state index contributed by atoms with van der Waals surface area (Å²) in [6.07, 6.45) is -0.0509. The predicted octanol–water partition coefficient (Wildman–Crippen LogP) is 2.20. The van der Waals surface area contributed by atoms with Gasteiger partial charge >= 0.3 is 5.97 Å². The summed E-state index contributed by atoms with van der Waals surface area (Å²) in [5, 5.41) is 2.61. The fourth-order valence-corrected chi connectivity index (χ4v) is 1.76. The van der Waals surface area contributed by atoms with Gasteiger partial charge in [0.2, 0.25) is 5.91 Å². The van der Waals surface area contributed by atoms with Gasteiger partial charge in [0.05, 0.1) is 13.2 Å². The quantitative estimate of drug-likeness (QED) is 0.804. The van der Waals surface area contributed by atoms with Crippen molar-refractivity contribution < 1.29 is 19.1 Å². The van der Waals surface area contributed by atoms with Crippen LogP contribution in [0.3, 0.4) is 0 Å². The summed E-state index contributed by atoms with van der Waals surface area (Å²) >= 11 is 3.32. The molecular formula is C14H18BrNO4. The van der Waals surface area contributed by atoms with Gasteiger partial charge in [0.25, 0.3) is 0 Å².